The molecule has 10 nitrogen and oxygen atoms in total. The number of carbonyl (C=O) groups is 1. The Morgan fingerprint density at radius 2 is 1.65 bits per heavy atom. The van der Waals surface area contributed by atoms with Crippen molar-refractivity contribution in [3.63, 3.8) is 0 Å². The molecule has 0 radical (unpaired) electrons. The van der Waals surface area contributed by atoms with Gasteiger partial charge < -0.3 is 45.8 Å². The molecule has 13 aliphatic rings. The van der Waals surface area contributed by atoms with Crippen LogP contribution in [0.4, 0.5) is 0 Å². The van der Waals surface area contributed by atoms with Crippen LogP contribution in [0.2, 0.25) is 0 Å². The third-order valence-corrected chi connectivity index (χ3v) is 30.9. The molecule has 4 aromatic rings. The van der Waals surface area contributed by atoms with Crippen LogP contribution < -0.4 is 10.1 Å². The van der Waals surface area contributed by atoms with Crippen molar-refractivity contribution in [3.8, 4) is 46.7 Å². The summed E-state index contributed by atoms with van der Waals surface area (Å²) in [5.41, 5.74) is 12.2. The maximum absolute atomic E-state index is 18.0. The van der Waals surface area contributed by atoms with E-state index >= 15 is 9.90 Å². The number of allylic oxidation sites excluding steroid dienone is 4. The number of ether oxygens (including phenoxy) is 1. The predicted octanol–water partition coefficient (Wildman–Crippen LogP) is 13.4. The average Bonchev–Trinajstić information content (AvgIpc) is 0.862. The molecule has 5 fully saturated rings. The Hall–Kier alpha value is -5.41. The number of piperidine rings is 1. The van der Waals surface area contributed by atoms with Crippen LogP contribution in [0.1, 0.15) is 190 Å². The average molecular weight is 1300 g/mol. The van der Waals surface area contributed by atoms with E-state index in [-0.39, 0.29) is 82.2 Å². The van der Waals surface area contributed by atoms with Crippen LogP contribution in [0.25, 0.3) is 0 Å². The second-order valence-electron chi connectivity index (χ2n) is 32.4. The highest BCUT2D eigenvalue weighted by Gasteiger charge is 2.79. The van der Waals surface area contributed by atoms with E-state index in [0.29, 0.717) is 49.1 Å². The number of aromatic hydroxyl groups is 3. The Balaban J connectivity index is 1.03. The molecular formula is C82H91NO9S2. The fourth-order valence-electron chi connectivity index (χ4n) is 25.0. The highest BCUT2D eigenvalue weighted by Crippen LogP contribution is 2.83. The summed E-state index contributed by atoms with van der Waals surface area (Å²) in [6.07, 6.45) is 16.7. The number of ketones is 1. The lowest BCUT2D eigenvalue weighted by molar-refractivity contribution is -0.188. The van der Waals surface area contributed by atoms with E-state index in [0.717, 1.165) is 128 Å². The topological polar surface area (TPSA) is 180 Å². The SMILES string of the molecule is COc1cc(C2CC(=O)C3C(CCC(C)C)c4cc5cc6c4C4C#CCC7NC8CC9C(=C%10C=C(C(O)CC%10C%10=CC%11CCCC%11%12CC%109C9CC%12c%10cc(O)c(O)cc%10C89C(C3O)C7C#CC2Cc2ccccc2)C52CCCCC2)CSSCC(C6)C4O)c(CO)cc1O. The van der Waals surface area contributed by atoms with Gasteiger partial charge in [0.15, 0.2) is 23.0 Å². The molecule has 4 aromatic carbocycles. The van der Waals surface area contributed by atoms with Gasteiger partial charge in [-0.2, -0.15) is 0 Å². The zero-order valence-electron chi connectivity index (χ0n) is 54.6. The van der Waals surface area contributed by atoms with Crippen LogP contribution in [0, 0.1) is 93.7 Å². The number of aliphatic hydroxyl groups is 4. The van der Waals surface area contributed by atoms with Crippen molar-refractivity contribution in [1.82, 2.24) is 5.32 Å². The van der Waals surface area contributed by atoms with Crippen LogP contribution in [0.3, 0.4) is 0 Å². The molecule has 0 aromatic heterocycles. The number of methoxy groups -OCH3 is 1. The molecule has 2 heterocycles. The first-order chi connectivity index (χ1) is 45.6. The third-order valence-electron chi connectivity index (χ3n) is 28.5. The smallest absolute Gasteiger partial charge is 0.160 e. The highest BCUT2D eigenvalue weighted by molar-refractivity contribution is 8.76. The zero-order chi connectivity index (χ0) is 64.1. The van der Waals surface area contributed by atoms with E-state index in [1.807, 2.05) is 58.0 Å². The first-order valence-corrected chi connectivity index (χ1v) is 38.6. The maximum atomic E-state index is 18.0. The van der Waals surface area contributed by atoms with E-state index < -0.39 is 88.6 Å². The highest BCUT2D eigenvalue weighted by atomic mass is 33.1. The Labute approximate surface area is 562 Å². The largest absolute Gasteiger partial charge is 0.504 e. The van der Waals surface area contributed by atoms with Crippen molar-refractivity contribution < 1.29 is 45.3 Å². The van der Waals surface area contributed by atoms with Crippen molar-refractivity contribution in [3.05, 3.63) is 151 Å². The number of benzene rings is 4. The minimum absolute atomic E-state index is 0.0272. The second kappa shape index (κ2) is 22.3. The first kappa shape index (κ1) is 61.0. The van der Waals surface area contributed by atoms with Gasteiger partial charge in [0.05, 0.1) is 43.9 Å². The normalized spacial score (nSPS) is 40.1. The quantitative estimate of drug-likeness (QED) is 0.0363. The summed E-state index contributed by atoms with van der Waals surface area (Å²) in [5.74, 6) is 13.1. The summed E-state index contributed by atoms with van der Waals surface area (Å²) >= 11 is 0. The van der Waals surface area contributed by atoms with Gasteiger partial charge in [0.25, 0.3) is 0 Å². The van der Waals surface area contributed by atoms with E-state index in [4.69, 9.17) is 4.74 Å². The number of hydrogen-bond donors (Lipinski definition) is 8. The summed E-state index contributed by atoms with van der Waals surface area (Å²) in [7, 11) is 5.41. The fraction of sp³-hybridized carbons (Fsp3) is 0.573. The lowest BCUT2D eigenvalue weighted by Crippen LogP contribution is -2.79. The van der Waals surface area contributed by atoms with Crippen LogP contribution in [0.15, 0.2) is 101 Å². The lowest BCUT2D eigenvalue weighted by Gasteiger charge is -2.78. The number of fused-ring (bicyclic) bond motifs is 10. The number of aliphatic hydroxyl groups excluding tert-OH is 4. The molecule has 8 N–H and O–H groups in total. The molecule has 17 rings (SSSR count). The molecule has 2 aliphatic heterocycles. The van der Waals surface area contributed by atoms with Gasteiger partial charge in [-0.1, -0.05) is 151 Å². The van der Waals surface area contributed by atoms with Crippen molar-refractivity contribution in [1.29, 1.82) is 0 Å². The van der Waals surface area contributed by atoms with Crippen molar-refractivity contribution in [2.24, 2.45) is 70.0 Å². The Bertz CT molecular complexity index is 4070. The standard InChI is InChI=1S/C82H91NO9S2/c1-42(2)17-19-50-57-28-49-26-45-25-47-39-93-94-40-59-55-30-64(79(49)21-8-5-9-22-79)66(85)32-56(55)61-29-48-14-11-23-80(48)41-81(61)62(59)37-73-82(63-35-68(87)67(86)33-58(63)60(80)36-72(81)82)76-51(65(83-73)16-10-15-52(74(45)57)77(47)90)20-18-44(24-43-12-6-4-7-13-43)53(31-70(89)75(50)78(76)91)54-34-71(92-3)69(88)27-46(54)38-84/h4,6-7,12-13,26-30,33-35,42,44,47-48,50-53,56,60,62,65-66,72-73,75-78,83-88,90-91H,5,8-9,11,14,16-17,19,21-25,31-32,36-41H2,1-3H3. The number of hydrogen-bond acceptors (Lipinski definition) is 12. The Kier molecular flexibility index (Phi) is 14.5. The van der Waals surface area contributed by atoms with Crippen LogP contribution in [-0.4, -0.2) is 90.5 Å². The van der Waals surface area contributed by atoms with Crippen LogP contribution in [0.5, 0.6) is 23.0 Å². The van der Waals surface area contributed by atoms with E-state index in [1.54, 1.807) is 6.07 Å². The lowest BCUT2D eigenvalue weighted by atomic mass is 9.27. The van der Waals surface area contributed by atoms with E-state index in [1.165, 1.54) is 29.4 Å². The number of phenols is 3. The Morgan fingerprint density at radius 1 is 0.819 bits per heavy atom. The van der Waals surface area contributed by atoms with Gasteiger partial charge in [0.2, 0.25) is 0 Å². The minimum Gasteiger partial charge on any atom is -0.504 e. The van der Waals surface area contributed by atoms with Gasteiger partial charge in [0, 0.05) is 88.2 Å². The van der Waals surface area contributed by atoms with Crippen molar-refractivity contribution in [2.75, 3.05) is 18.6 Å². The fourth-order valence-corrected chi connectivity index (χ4v) is 27.6. The predicted molar refractivity (Wildman–Crippen MR) is 367 cm³/mol. The number of carbonyl (C=O) groups excluding carboxylic acids is 1. The molecule has 12 heteroatoms. The molecule has 490 valence electrons. The zero-order valence-corrected chi connectivity index (χ0v) is 56.2. The summed E-state index contributed by atoms with van der Waals surface area (Å²) in [6.45, 7) is 4.12. The number of phenolic OH excluding ortho intramolecular Hbond substituents is 3. The third kappa shape index (κ3) is 8.41. The van der Waals surface area contributed by atoms with Gasteiger partial charge in [-0.15, -0.1) is 5.92 Å². The Morgan fingerprint density at radius 3 is 2.46 bits per heavy atom. The van der Waals surface area contributed by atoms with Crippen LogP contribution >= 0.6 is 21.6 Å². The summed E-state index contributed by atoms with van der Waals surface area (Å²) in [4.78, 5) is 18.0. The molecule has 4 saturated carbocycles. The maximum Gasteiger partial charge on any atom is 0.160 e. The van der Waals surface area contributed by atoms with Crippen molar-refractivity contribution >= 4 is 27.4 Å². The number of rotatable bonds is 8. The molecule has 13 bridgehead atoms. The molecule has 11 aliphatic carbocycles. The second-order valence-corrected chi connectivity index (χ2v) is 35.0. The minimum atomic E-state index is -1.31. The first-order valence-electron chi connectivity index (χ1n) is 36.1. The van der Waals surface area contributed by atoms with E-state index in [2.05, 4.69) is 79.3 Å². The molecule has 21 atom stereocenters. The molecular weight excluding hydrogens is 1210 g/mol. The molecule has 94 heavy (non-hydrogen) atoms. The van der Waals surface area contributed by atoms with Gasteiger partial charge >= 0.3 is 0 Å². The molecule has 21 unspecified atom stereocenters. The molecule has 1 saturated heterocycles. The van der Waals surface area contributed by atoms with Gasteiger partial charge in [-0.25, -0.2) is 0 Å². The van der Waals surface area contributed by atoms with Gasteiger partial charge in [-0.3, -0.25) is 4.79 Å². The molecule has 0 amide bonds. The van der Waals surface area contributed by atoms with E-state index in [9.17, 15) is 30.6 Å². The molecule has 4 spiro atoms. The van der Waals surface area contributed by atoms with Crippen molar-refractivity contribution in [2.45, 2.75) is 201 Å². The number of Topliss-reactive ketones (excluding diaryl/α,β-unsaturated/α-hetero) is 1. The summed E-state index contributed by atoms with van der Waals surface area (Å²) < 4.78 is 5.91. The monoisotopic (exact) mass is 1300 g/mol. The van der Waals surface area contributed by atoms with Gasteiger partial charge in [0.1, 0.15) is 5.78 Å². The summed E-state index contributed by atoms with van der Waals surface area (Å²) in [5, 5.41) is 95.3. The van der Waals surface area contributed by atoms with Gasteiger partial charge in [-0.05, 0) is 197 Å². The number of nitrogens with one attached hydrogen (secondary N) is 1. The van der Waals surface area contributed by atoms with Crippen LogP contribution in [-0.2, 0) is 35.1 Å². The summed E-state index contributed by atoms with van der Waals surface area (Å²) in [6, 6.07) is 21.8.